The first kappa shape index (κ1) is 15.9. The summed E-state index contributed by atoms with van der Waals surface area (Å²) in [5, 5.41) is 3.43. The van der Waals surface area contributed by atoms with Gasteiger partial charge in [0.25, 0.3) is 0 Å². The molecule has 2 rings (SSSR count). The van der Waals surface area contributed by atoms with Gasteiger partial charge in [-0.25, -0.2) is 4.98 Å². The Hall–Kier alpha value is -1.46. The average Bonchev–Trinajstić information content (AvgIpc) is 2.91. The highest BCUT2D eigenvalue weighted by molar-refractivity contribution is 7.09. The van der Waals surface area contributed by atoms with Crippen LogP contribution in [0, 0.1) is 6.92 Å². The van der Waals surface area contributed by atoms with Crippen molar-refractivity contribution < 1.29 is 4.74 Å². The Morgan fingerprint density at radius 2 is 2.19 bits per heavy atom. The zero-order valence-electron chi connectivity index (χ0n) is 12.9. The Balaban J connectivity index is 1.81. The van der Waals surface area contributed by atoms with E-state index in [1.165, 1.54) is 4.88 Å². The van der Waals surface area contributed by atoms with Crippen molar-refractivity contribution in [2.75, 3.05) is 13.2 Å². The summed E-state index contributed by atoms with van der Waals surface area (Å²) in [6.07, 6.45) is 3.83. The molecule has 2 heterocycles. The van der Waals surface area contributed by atoms with Gasteiger partial charge in [0.1, 0.15) is 5.75 Å². The molecule has 21 heavy (non-hydrogen) atoms. The molecule has 1 unspecified atom stereocenters. The summed E-state index contributed by atoms with van der Waals surface area (Å²) in [4.78, 5) is 10.00. The number of hydrogen-bond donors (Lipinski definition) is 1. The second kappa shape index (κ2) is 8.10. The highest BCUT2D eigenvalue weighted by Gasteiger charge is 2.06. The number of nitrogens with one attached hydrogen (secondary N) is 1. The molecule has 0 spiro atoms. The van der Waals surface area contributed by atoms with E-state index in [1.807, 2.05) is 24.6 Å². The van der Waals surface area contributed by atoms with Crippen LogP contribution in [0.15, 0.2) is 23.8 Å². The predicted octanol–water partition coefficient (Wildman–Crippen LogP) is 3.53. The molecule has 5 heteroatoms. The number of pyridine rings is 1. The molecule has 1 atom stereocenters. The van der Waals surface area contributed by atoms with Crippen LogP contribution in [-0.2, 0) is 6.42 Å². The minimum atomic E-state index is 0.277. The van der Waals surface area contributed by atoms with Crippen LogP contribution in [0.25, 0.3) is 0 Å². The molecular weight excluding hydrogens is 282 g/mol. The number of rotatable bonds is 8. The molecule has 0 aromatic carbocycles. The first-order chi connectivity index (χ1) is 10.2. The zero-order valence-corrected chi connectivity index (χ0v) is 13.7. The van der Waals surface area contributed by atoms with E-state index < -0.39 is 0 Å². The number of aromatic nitrogens is 2. The molecule has 0 radical (unpaired) electrons. The molecule has 0 aliphatic rings. The summed E-state index contributed by atoms with van der Waals surface area (Å²) in [6, 6.07) is 4.30. The number of hydrogen-bond acceptors (Lipinski definition) is 5. The molecule has 2 aromatic rings. The highest BCUT2D eigenvalue weighted by atomic mass is 32.1. The first-order valence-corrected chi connectivity index (χ1v) is 8.29. The van der Waals surface area contributed by atoms with Crippen molar-refractivity contribution in [3.05, 3.63) is 40.1 Å². The second-order valence-corrected chi connectivity index (χ2v) is 5.99. The number of ether oxygens (including phenoxy) is 1. The molecular formula is C16H23N3OS. The van der Waals surface area contributed by atoms with Gasteiger partial charge in [0, 0.05) is 17.3 Å². The van der Waals surface area contributed by atoms with E-state index in [0.717, 1.165) is 36.5 Å². The zero-order chi connectivity index (χ0) is 15.1. The smallest absolute Gasteiger partial charge is 0.137 e. The van der Waals surface area contributed by atoms with Gasteiger partial charge < -0.3 is 10.1 Å². The Morgan fingerprint density at radius 3 is 2.81 bits per heavy atom. The summed E-state index contributed by atoms with van der Waals surface area (Å²) >= 11 is 1.68. The molecule has 0 fully saturated rings. The summed E-state index contributed by atoms with van der Waals surface area (Å²) in [6.45, 7) is 8.00. The number of nitrogens with zero attached hydrogens (tertiary/aromatic N) is 2. The average molecular weight is 305 g/mol. The predicted molar refractivity (Wildman–Crippen MR) is 87.0 cm³/mol. The van der Waals surface area contributed by atoms with Crippen LogP contribution in [0.5, 0.6) is 5.75 Å². The van der Waals surface area contributed by atoms with Gasteiger partial charge in [-0.05, 0) is 38.9 Å². The van der Waals surface area contributed by atoms with Crippen molar-refractivity contribution in [2.24, 2.45) is 0 Å². The lowest BCUT2D eigenvalue weighted by molar-refractivity contribution is 0.321. The first-order valence-electron chi connectivity index (χ1n) is 7.41. The lowest BCUT2D eigenvalue weighted by Crippen LogP contribution is -2.20. The summed E-state index contributed by atoms with van der Waals surface area (Å²) in [5.74, 6) is 0.823. The second-order valence-electron chi connectivity index (χ2n) is 5.05. The monoisotopic (exact) mass is 305 g/mol. The van der Waals surface area contributed by atoms with Crippen LogP contribution in [0.1, 0.15) is 42.6 Å². The Kier molecular flexibility index (Phi) is 6.14. The van der Waals surface area contributed by atoms with Crippen LogP contribution in [0.2, 0.25) is 0 Å². The third kappa shape index (κ3) is 4.79. The van der Waals surface area contributed by atoms with E-state index in [0.29, 0.717) is 6.61 Å². The van der Waals surface area contributed by atoms with Gasteiger partial charge in [0.15, 0.2) is 0 Å². The largest absolute Gasteiger partial charge is 0.492 e. The third-order valence-corrected chi connectivity index (χ3v) is 4.34. The molecule has 0 amide bonds. The van der Waals surface area contributed by atoms with Crippen LogP contribution < -0.4 is 10.1 Å². The normalized spacial score (nSPS) is 12.3. The standard InChI is InChI=1S/C16H23N3OS/c1-4-8-17-12(2)15-6-5-14(10-18-15)20-9-7-16-13(3)19-11-21-16/h5-6,10-12,17H,4,7-9H2,1-3H3. The van der Waals surface area contributed by atoms with Crippen molar-refractivity contribution in [3.8, 4) is 5.75 Å². The van der Waals surface area contributed by atoms with Gasteiger partial charge in [-0.15, -0.1) is 11.3 Å². The molecule has 114 valence electrons. The molecule has 0 saturated heterocycles. The Labute approximate surface area is 130 Å². The van der Waals surface area contributed by atoms with Crippen molar-refractivity contribution >= 4 is 11.3 Å². The van der Waals surface area contributed by atoms with Crippen LogP contribution in [-0.4, -0.2) is 23.1 Å². The quantitative estimate of drug-likeness (QED) is 0.810. The highest BCUT2D eigenvalue weighted by Crippen LogP contribution is 2.16. The van der Waals surface area contributed by atoms with Crippen LogP contribution in [0.4, 0.5) is 0 Å². The molecule has 2 aromatic heterocycles. The lowest BCUT2D eigenvalue weighted by atomic mass is 10.2. The van der Waals surface area contributed by atoms with Crippen molar-refractivity contribution in [1.29, 1.82) is 0 Å². The van der Waals surface area contributed by atoms with Gasteiger partial charge in [0.05, 0.1) is 29.7 Å². The van der Waals surface area contributed by atoms with Gasteiger partial charge in [-0.2, -0.15) is 0 Å². The topological polar surface area (TPSA) is 47.0 Å². The van der Waals surface area contributed by atoms with E-state index in [1.54, 1.807) is 17.5 Å². The fourth-order valence-corrected chi connectivity index (χ4v) is 2.79. The molecule has 0 aliphatic heterocycles. The summed E-state index contributed by atoms with van der Waals surface area (Å²) < 4.78 is 5.75. The maximum Gasteiger partial charge on any atom is 0.137 e. The number of aryl methyl sites for hydroxylation is 1. The van der Waals surface area contributed by atoms with Gasteiger partial charge in [-0.3, -0.25) is 4.98 Å². The Morgan fingerprint density at radius 1 is 1.33 bits per heavy atom. The maximum absolute atomic E-state index is 5.75. The van der Waals surface area contributed by atoms with Gasteiger partial charge >= 0.3 is 0 Å². The van der Waals surface area contributed by atoms with Crippen molar-refractivity contribution in [2.45, 2.75) is 39.7 Å². The summed E-state index contributed by atoms with van der Waals surface area (Å²) in [5.41, 5.74) is 4.04. The van der Waals surface area contributed by atoms with E-state index in [4.69, 9.17) is 4.74 Å². The van der Waals surface area contributed by atoms with E-state index in [9.17, 15) is 0 Å². The molecule has 4 nitrogen and oxygen atoms in total. The molecule has 0 aliphatic carbocycles. The van der Waals surface area contributed by atoms with Crippen molar-refractivity contribution in [3.63, 3.8) is 0 Å². The fraction of sp³-hybridized carbons (Fsp3) is 0.500. The minimum absolute atomic E-state index is 0.277. The third-order valence-electron chi connectivity index (χ3n) is 3.35. The number of thiazole rings is 1. The van der Waals surface area contributed by atoms with E-state index in [2.05, 4.69) is 29.1 Å². The molecule has 1 N–H and O–H groups in total. The van der Waals surface area contributed by atoms with Gasteiger partial charge in [0.2, 0.25) is 0 Å². The van der Waals surface area contributed by atoms with Crippen molar-refractivity contribution in [1.82, 2.24) is 15.3 Å². The van der Waals surface area contributed by atoms with E-state index >= 15 is 0 Å². The SMILES string of the molecule is CCCNC(C)c1ccc(OCCc2scnc2C)cn1. The maximum atomic E-state index is 5.75. The van der Waals surface area contributed by atoms with E-state index in [-0.39, 0.29) is 6.04 Å². The van der Waals surface area contributed by atoms with Crippen LogP contribution >= 0.6 is 11.3 Å². The molecule has 0 bridgehead atoms. The Bertz CT molecular complexity index is 539. The lowest BCUT2D eigenvalue weighted by Gasteiger charge is -2.13. The molecule has 0 saturated carbocycles. The summed E-state index contributed by atoms with van der Waals surface area (Å²) in [7, 11) is 0. The minimum Gasteiger partial charge on any atom is -0.492 e. The fourth-order valence-electron chi connectivity index (χ4n) is 2.03. The van der Waals surface area contributed by atoms with Gasteiger partial charge in [-0.1, -0.05) is 6.92 Å². The van der Waals surface area contributed by atoms with Crippen LogP contribution in [0.3, 0.4) is 0 Å².